The van der Waals surface area contributed by atoms with E-state index < -0.39 is 11.9 Å². The summed E-state index contributed by atoms with van der Waals surface area (Å²) in [7, 11) is 0. The molecule has 0 saturated carbocycles. The first kappa shape index (κ1) is 15.0. The van der Waals surface area contributed by atoms with Gasteiger partial charge in [-0.1, -0.05) is 15.9 Å². The van der Waals surface area contributed by atoms with Crippen LogP contribution in [0.4, 0.5) is 5.69 Å². The largest absolute Gasteiger partial charge is 0.481 e. The first-order chi connectivity index (χ1) is 10.1. The van der Waals surface area contributed by atoms with Crippen molar-refractivity contribution in [2.24, 2.45) is 0 Å². The third kappa shape index (κ3) is 4.28. The van der Waals surface area contributed by atoms with Gasteiger partial charge in [0.25, 0.3) is 5.91 Å². The van der Waals surface area contributed by atoms with E-state index in [0.29, 0.717) is 5.69 Å². The first-order valence-corrected chi connectivity index (χ1v) is 6.72. The zero-order chi connectivity index (χ0) is 15.2. The van der Waals surface area contributed by atoms with Gasteiger partial charge < -0.3 is 15.2 Å². The number of carbonyl (C=O) groups excluding carboxylic acids is 1. The molecular formula is C14H11BrN2O4. The molecule has 0 saturated heterocycles. The van der Waals surface area contributed by atoms with Crippen LogP contribution >= 0.6 is 15.9 Å². The van der Waals surface area contributed by atoms with Crippen LogP contribution in [0.2, 0.25) is 0 Å². The molecule has 7 heteroatoms. The summed E-state index contributed by atoms with van der Waals surface area (Å²) < 4.78 is 6.09. The van der Waals surface area contributed by atoms with Crippen molar-refractivity contribution in [3.05, 3.63) is 52.8 Å². The first-order valence-electron chi connectivity index (χ1n) is 5.93. The van der Waals surface area contributed by atoms with Gasteiger partial charge in [-0.15, -0.1) is 0 Å². The van der Waals surface area contributed by atoms with E-state index in [4.69, 9.17) is 9.84 Å². The minimum atomic E-state index is -1.21. The summed E-state index contributed by atoms with van der Waals surface area (Å²) in [6, 6.07) is 10.0. The lowest BCUT2D eigenvalue weighted by Gasteiger charge is -2.09. The lowest BCUT2D eigenvalue weighted by Crippen LogP contribution is -2.21. The van der Waals surface area contributed by atoms with Crippen LogP contribution in [-0.4, -0.2) is 28.6 Å². The molecule has 2 aromatic rings. The lowest BCUT2D eigenvalue weighted by atomic mass is 10.3. The summed E-state index contributed by atoms with van der Waals surface area (Å²) in [5.74, 6) is -1.55. The summed E-state index contributed by atoms with van der Waals surface area (Å²) in [6.45, 7) is -0.304. The third-order valence-electron chi connectivity index (χ3n) is 2.46. The van der Waals surface area contributed by atoms with Crippen LogP contribution in [0.15, 0.2) is 47.1 Å². The van der Waals surface area contributed by atoms with E-state index in [-0.39, 0.29) is 18.1 Å². The normalized spacial score (nSPS) is 9.95. The van der Waals surface area contributed by atoms with Crippen molar-refractivity contribution in [1.29, 1.82) is 0 Å². The Morgan fingerprint density at radius 2 is 1.95 bits per heavy atom. The van der Waals surface area contributed by atoms with E-state index in [9.17, 15) is 9.59 Å². The maximum Gasteiger partial charge on any atom is 0.358 e. The molecule has 6 nitrogen and oxygen atoms in total. The number of aromatic nitrogens is 1. The minimum absolute atomic E-state index is 0.0518. The number of nitrogens with zero attached hydrogens (tertiary/aromatic N) is 1. The van der Waals surface area contributed by atoms with Gasteiger partial charge in [-0.3, -0.25) is 4.79 Å². The van der Waals surface area contributed by atoms with Gasteiger partial charge in [0.1, 0.15) is 0 Å². The predicted molar refractivity (Wildman–Crippen MR) is 79.5 cm³/mol. The van der Waals surface area contributed by atoms with Crippen LogP contribution < -0.4 is 10.1 Å². The van der Waals surface area contributed by atoms with E-state index in [0.717, 1.165) is 4.47 Å². The molecule has 0 aliphatic heterocycles. The molecule has 1 aromatic heterocycles. The molecular weight excluding hydrogens is 340 g/mol. The van der Waals surface area contributed by atoms with Crippen LogP contribution in [0, 0.1) is 0 Å². The van der Waals surface area contributed by atoms with Gasteiger partial charge >= 0.3 is 5.97 Å². The van der Waals surface area contributed by atoms with E-state index >= 15 is 0 Å². The number of ether oxygens (including phenoxy) is 1. The summed E-state index contributed by atoms with van der Waals surface area (Å²) >= 11 is 3.29. The Kier molecular flexibility index (Phi) is 4.89. The number of carboxylic acid groups (broad SMARTS) is 1. The second kappa shape index (κ2) is 6.85. The standard InChI is InChI=1S/C14H11BrN2O4/c15-9-3-5-10(6-4-9)17-12(18)8-21-11-2-1-7-16-13(11)14(19)20/h1-7H,8H2,(H,17,18)(H,19,20). The van der Waals surface area contributed by atoms with Crippen LogP contribution in [0.5, 0.6) is 5.75 Å². The SMILES string of the molecule is O=C(COc1cccnc1C(=O)O)Nc1ccc(Br)cc1. The minimum Gasteiger partial charge on any atom is -0.481 e. The fraction of sp³-hybridized carbons (Fsp3) is 0.0714. The number of hydrogen-bond acceptors (Lipinski definition) is 4. The van der Waals surface area contributed by atoms with Crippen molar-refractivity contribution in [2.45, 2.75) is 0 Å². The highest BCUT2D eigenvalue weighted by Gasteiger charge is 2.13. The van der Waals surface area contributed by atoms with Crippen molar-refractivity contribution in [1.82, 2.24) is 4.98 Å². The molecule has 2 rings (SSSR count). The average Bonchev–Trinajstić information content (AvgIpc) is 2.48. The number of benzene rings is 1. The van der Waals surface area contributed by atoms with E-state index in [1.165, 1.54) is 18.3 Å². The molecule has 0 spiro atoms. The summed E-state index contributed by atoms with van der Waals surface area (Å²) in [4.78, 5) is 26.4. The van der Waals surface area contributed by atoms with Crippen molar-refractivity contribution in [3.8, 4) is 5.75 Å². The Balaban J connectivity index is 1.95. The second-order valence-corrected chi connectivity index (χ2v) is 4.91. The van der Waals surface area contributed by atoms with Crippen LogP contribution in [0.3, 0.4) is 0 Å². The van der Waals surface area contributed by atoms with Gasteiger partial charge in [0.15, 0.2) is 18.1 Å². The Hall–Kier alpha value is -2.41. The van der Waals surface area contributed by atoms with Crippen LogP contribution in [-0.2, 0) is 4.79 Å². The second-order valence-electron chi connectivity index (χ2n) is 4.00. The van der Waals surface area contributed by atoms with Gasteiger partial charge in [0.2, 0.25) is 0 Å². The number of amides is 1. The van der Waals surface area contributed by atoms with Crippen molar-refractivity contribution in [3.63, 3.8) is 0 Å². The number of pyridine rings is 1. The fourth-order valence-corrected chi connectivity index (χ4v) is 1.81. The van der Waals surface area contributed by atoms with Crippen LogP contribution in [0.25, 0.3) is 0 Å². The van der Waals surface area contributed by atoms with Gasteiger partial charge in [-0.2, -0.15) is 0 Å². The topological polar surface area (TPSA) is 88.5 Å². The summed E-state index contributed by atoms with van der Waals surface area (Å²) in [6.07, 6.45) is 1.35. The maximum atomic E-state index is 11.7. The number of nitrogens with one attached hydrogen (secondary N) is 1. The molecule has 0 aliphatic carbocycles. The fourth-order valence-electron chi connectivity index (χ4n) is 1.54. The average molecular weight is 351 g/mol. The Labute approximate surface area is 128 Å². The zero-order valence-corrected chi connectivity index (χ0v) is 12.3. The van der Waals surface area contributed by atoms with Gasteiger partial charge in [0, 0.05) is 16.4 Å². The molecule has 0 aliphatic rings. The molecule has 0 fully saturated rings. The molecule has 2 N–H and O–H groups in total. The molecule has 1 amide bonds. The highest BCUT2D eigenvalue weighted by Crippen LogP contribution is 2.16. The molecule has 1 heterocycles. The molecule has 21 heavy (non-hydrogen) atoms. The highest BCUT2D eigenvalue weighted by atomic mass is 79.9. The van der Waals surface area contributed by atoms with Crippen molar-refractivity contribution < 1.29 is 19.4 Å². The number of carbonyl (C=O) groups is 2. The number of anilines is 1. The third-order valence-corrected chi connectivity index (χ3v) is 2.99. The summed E-state index contributed by atoms with van der Waals surface area (Å²) in [5, 5.41) is 11.6. The lowest BCUT2D eigenvalue weighted by molar-refractivity contribution is -0.118. The number of rotatable bonds is 5. The molecule has 0 bridgehead atoms. The van der Waals surface area contributed by atoms with Gasteiger partial charge in [-0.05, 0) is 36.4 Å². The van der Waals surface area contributed by atoms with E-state index in [1.54, 1.807) is 24.3 Å². The monoisotopic (exact) mass is 350 g/mol. The molecule has 108 valence electrons. The number of aromatic carboxylic acids is 1. The molecule has 0 atom stereocenters. The summed E-state index contributed by atoms with van der Waals surface area (Å²) in [5.41, 5.74) is 0.394. The smallest absolute Gasteiger partial charge is 0.358 e. The van der Waals surface area contributed by atoms with Gasteiger partial charge in [0.05, 0.1) is 0 Å². The molecule has 0 unspecified atom stereocenters. The van der Waals surface area contributed by atoms with Crippen molar-refractivity contribution >= 4 is 33.5 Å². The number of hydrogen-bond donors (Lipinski definition) is 2. The molecule has 0 radical (unpaired) electrons. The number of halogens is 1. The highest BCUT2D eigenvalue weighted by molar-refractivity contribution is 9.10. The van der Waals surface area contributed by atoms with E-state index in [2.05, 4.69) is 26.2 Å². The Bertz CT molecular complexity index is 658. The van der Waals surface area contributed by atoms with Gasteiger partial charge in [-0.25, -0.2) is 9.78 Å². The van der Waals surface area contributed by atoms with E-state index in [1.807, 2.05) is 0 Å². The zero-order valence-electron chi connectivity index (χ0n) is 10.7. The predicted octanol–water partition coefficient (Wildman–Crippen LogP) is 2.56. The van der Waals surface area contributed by atoms with Crippen molar-refractivity contribution in [2.75, 3.05) is 11.9 Å². The number of carboxylic acids is 1. The Morgan fingerprint density at radius 3 is 2.62 bits per heavy atom. The Morgan fingerprint density at radius 1 is 1.24 bits per heavy atom. The quantitative estimate of drug-likeness (QED) is 0.864. The maximum absolute atomic E-state index is 11.7. The van der Waals surface area contributed by atoms with Crippen LogP contribution in [0.1, 0.15) is 10.5 Å². The molecule has 1 aromatic carbocycles.